The fourth-order valence-electron chi connectivity index (χ4n) is 9.48. The van der Waals surface area contributed by atoms with Gasteiger partial charge in [0.1, 0.15) is 0 Å². The van der Waals surface area contributed by atoms with Gasteiger partial charge in [0.05, 0.1) is 36.1 Å². The van der Waals surface area contributed by atoms with Gasteiger partial charge in [-0.25, -0.2) is 0 Å². The number of hydrogen-bond acceptors (Lipinski definition) is 6. The van der Waals surface area contributed by atoms with Gasteiger partial charge in [-0.3, -0.25) is 0 Å². The second-order valence-corrected chi connectivity index (χ2v) is 13.2. The van der Waals surface area contributed by atoms with Crippen molar-refractivity contribution in [1.29, 1.82) is 0 Å². The topological polar surface area (TPSA) is 121 Å². The van der Waals surface area contributed by atoms with E-state index in [2.05, 4.69) is 20.8 Å². The van der Waals surface area contributed by atoms with Crippen molar-refractivity contribution >= 4 is 0 Å². The van der Waals surface area contributed by atoms with Crippen LogP contribution in [-0.4, -0.2) is 66.8 Å². The molecule has 4 aliphatic carbocycles. The molecule has 4 fully saturated rings. The molecule has 0 aromatic heterocycles. The van der Waals surface area contributed by atoms with Crippen molar-refractivity contribution in [3.8, 4) is 0 Å². The Morgan fingerprint density at radius 3 is 2.12 bits per heavy atom. The fraction of sp³-hybridized carbons (Fsp3) is 1.00. The third kappa shape index (κ3) is 3.82. The van der Waals surface area contributed by atoms with Crippen LogP contribution in [0.1, 0.15) is 86.0 Å². The van der Waals surface area contributed by atoms with Gasteiger partial charge in [0.25, 0.3) is 0 Å². The SMILES string of the molecule is CC(C)[C@@H](O)CC[C@@H](C)[C@H]1C[C@@H](O)[C@@H]2[C@]1(C)CC[C@@H]1[C@@]3(C)CC[C@H](O)[C@H](O)[C@@H]3[C@H](O)C[C@]12O. The lowest BCUT2D eigenvalue weighted by Gasteiger charge is -2.66. The summed E-state index contributed by atoms with van der Waals surface area (Å²) in [4.78, 5) is 0. The average Bonchev–Trinajstić information content (AvgIpc) is 3.00. The van der Waals surface area contributed by atoms with Gasteiger partial charge in [0.2, 0.25) is 0 Å². The molecule has 13 atom stereocenters. The smallest absolute Gasteiger partial charge is 0.0857 e. The summed E-state index contributed by atoms with van der Waals surface area (Å²) < 4.78 is 0. The largest absolute Gasteiger partial charge is 0.393 e. The zero-order chi connectivity index (χ0) is 24.5. The molecule has 33 heavy (non-hydrogen) atoms. The number of fused-ring (bicyclic) bond motifs is 5. The van der Waals surface area contributed by atoms with Crippen LogP contribution < -0.4 is 0 Å². The first-order valence-corrected chi connectivity index (χ1v) is 13.4. The standard InChI is InChI=1S/C27H48O6/c1-14(2)17(28)7-6-15(3)16-12-19(30)24-25(16,4)11-9-21-26(5)10-8-18(29)23(32)22(26)20(31)13-27(21,24)33/h14-24,28-33H,6-13H2,1-5H3/t15-,16-,17+,18+,19-,20-,21-,22+,23+,24-,25-,26-,27+/m1/s1. The molecule has 6 heteroatoms. The molecule has 4 rings (SSSR count). The van der Waals surface area contributed by atoms with Gasteiger partial charge in [-0.1, -0.05) is 34.6 Å². The van der Waals surface area contributed by atoms with E-state index >= 15 is 0 Å². The highest BCUT2D eigenvalue weighted by Gasteiger charge is 2.71. The van der Waals surface area contributed by atoms with Crippen LogP contribution in [0.25, 0.3) is 0 Å². The Bertz CT molecular complexity index is 715. The van der Waals surface area contributed by atoms with Crippen LogP contribution in [0.2, 0.25) is 0 Å². The normalized spacial score (nSPS) is 53.8. The van der Waals surface area contributed by atoms with Gasteiger partial charge in [-0.05, 0) is 79.4 Å². The Morgan fingerprint density at radius 2 is 1.48 bits per heavy atom. The number of aliphatic hydroxyl groups excluding tert-OH is 5. The van der Waals surface area contributed by atoms with Gasteiger partial charge in [-0.2, -0.15) is 0 Å². The second-order valence-electron chi connectivity index (χ2n) is 13.2. The molecule has 6 nitrogen and oxygen atoms in total. The Hall–Kier alpha value is -0.240. The number of rotatable bonds is 5. The van der Waals surface area contributed by atoms with Gasteiger partial charge >= 0.3 is 0 Å². The van der Waals surface area contributed by atoms with E-state index in [0.29, 0.717) is 25.2 Å². The van der Waals surface area contributed by atoms with Gasteiger partial charge in [0.15, 0.2) is 0 Å². The molecule has 0 heterocycles. The lowest BCUT2D eigenvalue weighted by atomic mass is 9.41. The van der Waals surface area contributed by atoms with E-state index in [-0.39, 0.29) is 41.6 Å². The molecule has 6 N–H and O–H groups in total. The molecule has 0 aromatic carbocycles. The monoisotopic (exact) mass is 468 g/mol. The quantitative estimate of drug-likeness (QED) is 0.369. The zero-order valence-electron chi connectivity index (χ0n) is 21.2. The van der Waals surface area contributed by atoms with E-state index in [1.807, 2.05) is 13.8 Å². The Balaban J connectivity index is 1.61. The summed E-state index contributed by atoms with van der Waals surface area (Å²) >= 11 is 0. The highest BCUT2D eigenvalue weighted by Crippen LogP contribution is 2.69. The maximum Gasteiger partial charge on any atom is 0.0857 e. The minimum Gasteiger partial charge on any atom is -0.393 e. The molecule has 4 saturated carbocycles. The number of hydrogen-bond donors (Lipinski definition) is 6. The van der Waals surface area contributed by atoms with Crippen LogP contribution in [-0.2, 0) is 0 Å². The summed E-state index contributed by atoms with van der Waals surface area (Å²) in [7, 11) is 0. The molecule has 0 unspecified atom stereocenters. The molecule has 0 aromatic rings. The summed E-state index contributed by atoms with van der Waals surface area (Å²) in [6.45, 7) is 10.6. The average molecular weight is 469 g/mol. The van der Waals surface area contributed by atoms with Gasteiger partial charge in [0, 0.05) is 18.3 Å². The van der Waals surface area contributed by atoms with Crippen molar-refractivity contribution in [3.05, 3.63) is 0 Å². The molecule has 4 aliphatic rings. The van der Waals surface area contributed by atoms with E-state index in [0.717, 1.165) is 25.7 Å². The van der Waals surface area contributed by atoms with Crippen LogP contribution in [0.4, 0.5) is 0 Å². The van der Waals surface area contributed by atoms with Crippen LogP contribution >= 0.6 is 0 Å². The molecule has 0 aliphatic heterocycles. The summed E-state index contributed by atoms with van der Waals surface area (Å²) in [6, 6.07) is 0. The molecular weight excluding hydrogens is 420 g/mol. The first-order valence-electron chi connectivity index (χ1n) is 13.4. The summed E-state index contributed by atoms with van der Waals surface area (Å²) in [5, 5.41) is 66.2. The summed E-state index contributed by atoms with van der Waals surface area (Å²) in [5.74, 6) is -0.0861. The van der Waals surface area contributed by atoms with Crippen LogP contribution in [0.15, 0.2) is 0 Å². The first-order chi connectivity index (χ1) is 15.3. The van der Waals surface area contributed by atoms with E-state index < -0.39 is 41.3 Å². The maximum absolute atomic E-state index is 12.3. The Labute approximate surface area is 199 Å². The Kier molecular flexibility index (Phi) is 6.82. The predicted octanol–water partition coefficient (Wildman–Crippen LogP) is 2.47. The third-order valence-electron chi connectivity index (χ3n) is 11.2. The predicted molar refractivity (Wildman–Crippen MR) is 126 cm³/mol. The maximum atomic E-state index is 12.3. The first kappa shape index (κ1) is 25.8. The third-order valence-corrected chi connectivity index (χ3v) is 11.2. The van der Waals surface area contributed by atoms with Crippen LogP contribution in [0, 0.1) is 46.3 Å². The fourth-order valence-corrected chi connectivity index (χ4v) is 9.48. The molecule has 0 radical (unpaired) electrons. The van der Waals surface area contributed by atoms with Crippen LogP contribution in [0.5, 0.6) is 0 Å². The summed E-state index contributed by atoms with van der Waals surface area (Å²) in [6.07, 6.45) is 1.60. The van der Waals surface area contributed by atoms with Crippen molar-refractivity contribution in [3.63, 3.8) is 0 Å². The van der Waals surface area contributed by atoms with E-state index in [4.69, 9.17) is 0 Å². The van der Waals surface area contributed by atoms with Gasteiger partial charge in [-0.15, -0.1) is 0 Å². The van der Waals surface area contributed by atoms with Crippen molar-refractivity contribution in [2.45, 2.75) is 122 Å². The second kappa shape index (κ2) is 8.70. The minimum absolute atomic E-state index is 0.120. The van der Waals surface area contributed by atoms with E-state index in [1.165, 1.54) is 0 Å². The molecule has 0 saturated heterocycles. The van der Waals surface area contributed by atoms with Crippen molar-refractivity contribution < 1.29 is 30.6 Å². The van der Waals surface area contributed by atoms with Crippen molar-refractivity contribution in [2.75, 3.05) is 0 Å². The van der Waals surface area contributed by atoms with E-state index in [9.17, 15) is 30.6 Å². The Morgan fingerprint density at radius 1 is 0.848 bits per heavy atom. The highest BCUT2D eigenvalue weighted by atomic mass is 16.3. The number of aliphatic hydroxyl groups is 6. The molecule has 0 bridgehead atoms. The van der Waals surface area contributed by atoms with Crippen LogP contribution in [0.3, 0.4) is 0 Å². The molecule has 0 spiro atoms. The zero-order valence-corrected chi connectivity index (χ0v) is 21.2. The molecule has 0 amide bonds. The molecule has 192 valence electrons. The molecular formula is C27H48O6. The van der Waals surface area contributed by atoms with Crippen molar-refractivity contribution in [2.24, 2.45) is 46.3 Å². The minimum atomic E-state index is -1.19. The van der Waals surface area contributed by atoms with E-state index in [1.54, 1.807) is 0 Å². The highest BCUT2D eigenvalue weighted by molar-refractivity contribution is 5.20. The summed E-state index contributed by atoms with van der Waals surface area (Å²) in [5.41, 5.74) is -1.90. The van der Waals surface area contributed by atoms with Gasteiger partial charge < -0.3 is 30.6 Å². The lowest BCUT2D eigenvalue weighted by molar-refractivity contribution is -0.280. The lowest BCUT2D eigenvalue weighted by Crippen LogP contribution is -2.70. The van der Waals surface area contributed by atoms with Crippen molar-refractivity contribution in [1.82, 2.24) is 0 Å².